The molecule has 0 spiro atoms. The molecule has 0 saturated heterocycles. The summed E-state index contributed by atoms with van der Waals surface area (Å²) in [6.45, 7) is 5.35. The normalized spacial score (nSPS) is 17.4. The molecule has 0 unspecified atom stereocenters. The highest BCUT2D eigenvalue weighted by Gasteiger charge is 2.20. The van der Waals surface area contributed by atoms with Gasteiger partial charge in [-0.25, -0.2) is 9.97 Å². The van der Waals surface area contributed by atoms with Gasteiger partial charge in [0.1, 0.15) is 5.75 Å². The van der Waals surface area contributed by atoms with Crippen LogP contribution in [0, 0.1) is 11.8 Å². The second-order valence-corrected chi connectivity index (χ2v) is 11.3. The van der Waals surface area contributed by atoms with Crippen LogP contribution in [0.15, 0.2) is 60.9 Å². The van der Waals surface area contributed by atoms with Gasteiger partial charge in [-0.2, -0.15) is 0 Å². The first kappa shape index (κ1) is 28.3. The number of nitrogens with zero attached hydrogens (tertiary/aromatic N) is 2. The van der Waals surface area contributed by atoms with Gasteiger partial charge in [0.25, 0.3) is 0 Å². The van der Waals surface area contributed by atoms with Gasteiger partial charge in [0.2, 0.25) is 0 Å². The Morgan fingerprint density at radius 3 is 1.76 bits per heavy atom. The molecule has 0 aliphatic heterocycles. The molecule has 0 radical (unpaired) electrons. The smallest absolute Gasteiger partial charge is 0.159 e. The number of hydrogen-bond acceptors (Lipinski definition) is 3. The van der Waals surface area contributed by atoms with Gasteiger partial charge in [0.05, 0.1) is 6.61 Å². The first-order valence-electron chi connectivity index (χ1n) is 15.4. The molecule has 0 atom stereocenters. The van der Waals surface area contributed by atoms with Crippen molar-refractivity contribution in [2.24, 2.45) is 11.8 Å². The Morgan fingerprint density at radius 1 is 0.632 bits per heavy atom. The van der Waals surface area contributed by atoms with E-state index in [2.05, 4.69) is 72.3 Å². The Hall–Kier alpha value is -2.68. The average molecular weight is 513 g/mol. The van der Waals surface area contributed by atoms with E-state index in [0.29, 0.717) is 0 Å². The van der Waals surface area contributed by atoms with E-state index < -0.39 is 0 Å². The van der Waals surface area contributed by atoms with Crippen LogP contribution >= 0.6 is 0 Å². The van der Waals surface area contributed by atoms with Gasteiger partial charge in [0, 0.05) is 18.0 Å². The summed E-state index contributed by atoms with van der Waals surface area (Å²) in [6, 6.07) is 17.1. The summed E-state index contributed by atoms with van der Waals surface area (Å²) in [5.41, 5.74) is 4.67. The van der Waals surface area contributed by atoms with Crippen molar-refractivity contribution in [2.75, 3.05) is 6.61 Å². The summed E-state index contributed by atoms with van der Waals surface area (Å²) < 4.78 is 6.08. The standard InChI is InChI=1S/C35H48N2O/c1-3-5-7-10-28-13-15-29(16-14-28)12-9-25-38-34-23-21-32(22-24-34)31-17-19-33(20-18-31)35-36-26-30(27-37-35)11-8-6-4-2/h17-24,26-29H,3-16,25H2,1-2H3. The molecule has 0 N–H and O–H groups in total. The summed E-state index contributed by atoms with van der Waals surface area (Å²) in [5, 5.41) is 0. The van der Waals surface area contributed by atoms with Gasteiger partial charge in [-0.1, -0.05) is 114 Å². The second-order valence-electron chi connectivity index (χ2n) is 11.3. The Kier molecular flexibility index (Phi) is 11.7. The Labute approximate surface area is 231 Å². The van der Waals surface area contributed by atoms with Crippen molar-refractivity contribution in [1.29, 1.82) is 0 Å². The van der Waals surface area contributed by atoms with E-state index in [0.717, 1.165) is 48.4 Å². The molecule has 1 heterocycles. The van der Waals surface area contributed by atoms with Gasteiger partial charge in [-0.15, -0.1) is 0 Å². The lowest BCUT2D eigenvalue weighted by Gasteiger charge is -2.28. The maximum absolute atomic E-state index is 6.08. The molecule has 38 heavy (non-hydrogen) atoms. The summed E-state index contributed by atoms with van der Waals surface area (Å²) in [4.78, 5) is 9.19. The SMILES string of the molecule is CCCCCc1cnc(-c2ccc(-c3ccc(OCCCC4CCC(CCCCC)CC4)cc3)cc2)nc1. The molecule has 3 nitrogen and oxygen atoms in total. The molecule has 1 fully saturated rings. The van der Waals surface area contributed by atoms with Crippen molar-refractivity contribution >= 4 is 0 Å². The largest absolute Gasteiger partial charge is 0.494 e. The Morgan fingerprint density at radius 2 is 1.16 bits per heavy atom. The molecule has 0 bridgehead atoms. The third-order valence-electron chi connectivity index (χ3n) is 8.31. The van der Waals surface area contributed by atoms with Crippen LogP contribution in [0.25, 0.3) is 22.5 Å². The van der Waals surface area contributed by atoms with E-state index in [4.69, 9.17) is 4.74 Å². The molecular formula is C35H48N2O. The number of unbranched alkanes of at least 4 members (excludes halogenated alkanes) is 4. The number of ether oxygens (including phenoxy) is 1. The summed E-state index contributed by atoms with van der Waals surface area (Å²) in [5.74, 6) is 3.68. The fourth-order valence-corrected chi connectivity index (χ4v) is 5.82. The Bertz CT molecular complexity index is 1030. The van der Waals surface area contributed by atoms with Crippen molar-refractivity contribution < 1.29 is 4.74 Å². The average Bonchev–Trinajstić information content (AvgIpc) is 2.97. The zero-order valence-corrected chi connectivity index (χ0v) is 23.8. The van der Waals surface area contributed by atoms with E-state index in [1.54, 1.807) is 0 Å². The third-order valence-corrected chi connectivity index (χ3v) is 8.31. The minimum absolute atomic E-state index is 0.791. The van der Waals surface area contributed by atoms with Crippen molar-refractivity contribution in [3.63, 3.8) is 0 Å². The highest BCUT2D eigenvalue weighted by molar-refractivity contribution is 5.68. The lowest BCUT2D eigenvalue weighted by Crippen LogP contribution is -2.15. The number of rotatable bonds is 15. The van der Waals surface area contributed by atoms with Gasteiger partial charge in [-0.05, 0) is 66.3 Å². The van der Waals surface area contributed by atoms with Crippen LogP contribution in [0.2, 0.25) is 0 Å². The van der Waals surface area contributed by atoms with Crippen LogP contribution in [0.5, 0.6) is 5.75 Å². The molecule has 0 amide bonds. The first-order chi connectivity index (χ1) is 18.7. The molecule has 1 aromatic heterocycles. The molecule has 3 aromatic rings. The lowest BCUT2D eigenvalue weighted by molar-refractivity contribution is 0.228. The van der Waals surface area contributed by atoms with Crippen LogP contribution in [-0.2, 0) is 6.42 Å². The van der Waals surface area contributed by atoms with Crippen molar-refractivity contribution in [3.05, 3.63) is 66.5 Å². The molecule has 1 saturated carbocycles. The minimum Gasteiger partial charge on any atom is -0.494 e. The van der Waals surface area contributed by atoms with Crippen LogP contribution < -0.4 is 4.74 Å². The zero-order valence-electron chi connectivity index (χ0n) is 23.8. The molecular weight excluding hydrogens is 464 g/mol. The van der Waals surface area contributed by atoms with E-state index in [1.807, 2.05) is 12.4 Å². The van der Waals surface area contributed by atoms with Gasteiger partial charge in [0.15, 0.2) is 5.82 Å². The van der Waals surface area contributed by atoms with Crippen LogP contribution in [0.1, 0.15) is 103 Å². The quantitative estimate of drug-likeness (QED) is 0.190. The van der Waals surface area contributed by atoms with Crippen molar-refractivity contribution in [2.45, 2.75) is 104 Å². The lowest BCUT2D eigenvalue weighted by atomic mass is 9.78. The van der Waals surface area contributed by atoms with Gasteiger partial charge < -0.3 is 4.74 Å². The number of aromatic nitrogens is 2. The third kappa shape index (κ3) is 8.96. The zero-order chi connectivity index (χ0) is 26.4. The molecule has 3 heteroatoms. The number of aryl methyl sites for hydroxylation is 1. The second kappa shape index (κ2) is 15.7. The van der Waals surface area contributed by atoms with Gasteiger partial charge >= 0.3 is 0 Å². The fraction of sp³-hybridized carbons (Fsp3) is 0.543. The fourth-order valence-electron chi connectivity index (χ4n) is 5.82. The monoisotopic (exact) mass is 512 g/mol. The first-order valence-corrected chi connectivity index (χ1v) is 15.4. The van der Waals surface area contributed by atoms with E-state index in [9.17, 15) is 0 Å². The van der Waals surface area contributed by atoms with Crippen molar-refractivity contribution in [1.82, 2.24) is 9.97 Å². The number of hydrogen-bond donors (Lipinski definition) is 0. The molecule has 4 rings (SSSR count). The van der Waals surface area contributed by atoms with Crippen molar-refractivity contribution in [3.8, 4) is 28.3 Å². The number of benzene rings is 2. The van der Waals surface area contributed by atoms with E-state index in [-0.39, 0.29) is 0 Å². The predicted molar refractivity (Wildman–Crippen MR) is 160 cm³/mol. The van der Waals surface area contributed by atoms with Crippen LogP contribution in [0.3, 0.4) is 0 Å². The van der Waals surface area contributed by atoms with Crippen LogP contribution in [-0.4, -0.2) is 16.6 Å². The summed E-state index contributed by atoms with van der Waals surface area (Å²) in [7, 11) is 0. The maximum atomic E-state index is 6.08. The topological polar surface area (TPSA) is 35.0 Å². The summed E-state index contributed by atoms with van der Waals surface area (Å²) in [6.07, 6.45) is 22.6. The van der Waals surface area contributed by atoms with E-state index in [1.165, 1.54) is 93.7 Å². The molecule has 204 valence electrons. The molecule has 1 aliphatic carbocycles. The van der Waals surface area contributed by atoms with Gasteiger partial charge in [-0.3, -0.25) is 0 Å². The molecule has 1 aliphatic rings. The predicted octanol–water partition coefficient (Wildman–Crippen LogP) is 10.1. The highest BCUT2D eigenvalue weighted by atomic mass is 16.5. The minimum atomic E-state index is 0.791. The maximum Gasteiger partial charge on any atom is 0.159 e. The summed E-state index contributed by atoms with van der Waals surface area (Å²) >= 11 is 0. The molecule has 2 aromatic carbocycles. The van der Waals surface area contributed by atoms with Crippen LogP contribution in [0.4, 0.5) is 0 Å². The van der Waals surface area contributed by atoms with E-state index >= 15 is 0 Å². The Balaban J connectivity index is 1.17. The highest BCUT2D eigenvalue weighted by Crippen LogP contribution is 2.34.